The first-order valence-corrected chi connectivity index (χ1v) is 9.25. The van der Waals surface area contributed by atoms with Crippen LogP contribution < -0.4 is 5.32 Å². The minimum atomic E-state index is -3.04. The molecule has 122 valence electrons. The average Bonchev–Trinajstić information content (AvgIpc) is 3.02. The molecule has 0 saturated carbocycles. The van der Waals surface area contributed by atoms with Crippen LogP contribution in [0, 0.1) is 6.92 Å². The summed E-state index contributed by atoms with van der Waals surface area (Å²) in [5, 5.41) is 11.2. The maximum atomic E-state index is 12.3. The van der Waals surface area contributed by atoms with E-state index in [0.29, 0.717) is 17.1 Å². The second kappa shape index (κ2) is 5.93. The van der Waals surface area contributed by atoms with Crippen molar-refractivity contribution in [2.24, 2.45) is 0 Å². The van der Waals surface area contributed by atoms with Crippen LogP contribution in [0.4, 0.5) is 0 Å². The Morgan fingerprint density at radius 1 is 1.35 bits per heavy atom. The largest absolute Gasteiger partial charge is 0.347 e. The lowest BCUT2D eigenvalue weighted by Crippen LogP contribution is -2.36. The Balaban J connectivity index is 1.79. The summed E-state index contributed by atoms with van der Waals surface area (Å²) in [6.07, 6.45) is 0.429. The third-order valence-electron chi connectivity index (χ3n) is 3.75. The number of hydrogen-bond donors (Lipinski definition) is 1. The first kappa shape index (κ1) is 15.9. The molecule has 1 saturated heterocycles. The topological polar surface area (TPSA) is 93.9 Å². The summed E-state index contributed by atoms with van der Waals surface area (Å²) in [4.78, 5) is 12.3. The number of sulfone groups is 1. The van der Waals surface area contributed by atoms with E-state index in [-0.39, 0.29) is 23.2 Å². The first-order valence-electron chi connectivity index (χ1n) is 7.05. The summed E-state index contributed by atoms with van der Waals surface area (Å²) >= 11 is 5.85. The average molecular weight is 355 g/mol. The number of nitrogens with zero attached hydrogens (tertiary/aromatic N) is 3. The van der Waals surface area contributed by atoms with Crippen LogP contribution in [0.25, 0.3) is 5.69 Å². The zero-order valence-corrected chi connectivity index (χ0v) is 13.9. The molecule has 0 radical (unpaired) electrons. The van der Waals surface area contributed by atoms with Crippen LogP contribution in [-0.4, -0.2) is 46.9 Å². The van der Waals surface area contributed by atoms with Crippen molar-refractivity contribution in [3.63, 3.8) is 0 Å². The molecule has 1 aliphatic rings. The summed E-state index contributed by atoms with van der Waals surface area (Å²) < 4.78 is 24.4. The monoisotopic (exact) mass is 354 g/mol. The highest BCUT2D eigenvalue weighted by Crippen LogP contribution is 2.16. The summed E-state index contributed by atoms with van der Waals surface area (Å²) in [6.45, 7) is 1.73. The summed E-state index contributed by atoms with van der Waals surface area (Å²) in [5.41, 5.74) is 1.50. The zero-order chi connectivity index (χ0) is 16.6. The standard InChI is InChI=1S/C14H15ClN4O3S/c1-9-13(14(20)16-11-6-7-23(21,22)8-11)17-18-19(9)12-4-2-10(15)3-5-12/h2-5,11H,6-8H2,1H3,(H,16,20)/t11-/m1/s1. The van der Waals surface area contributed by atoms with Crippen molar-refractivity contribution in [3.05, 3.63) is 40.7 Å². The predicted molar refractivity (Wildman–Crippen MR) is 85.6 cm³/mol. The van der Waals surface area contributed by atoms with E-state index in [0.717, 1.165) is 5.69 Å². The molecule has 1 amide bonds. The number of amides is 1. The molecule has 1 aromatic heterocycles. The van der Waals surface area contributed by atoms with Crippen LogP contribution >= 0.6 is 11.6 Å². The van der Waals surface area contributed by atoms with Crippen molar-refractivity contribution in [1.82, 2.24) is 20.3 Å². The van der Waals surface area contributed by atoms with Gasteiger partial charge in [0, 0.05) is 11.1 Å². The number of carbonyl (C=O) groups is 1. The normalized spacial score (nSPS) is 19.7. The van der Waals surface area contributed by atoms with Gasteiger partial charge in [0.25, 0.3) is 5.91 Å². The van der Waals surface area contributed by atoms with Gasteiger partial charge >= 0.3 is 0 Å². The molecule has 3 rings (SSSR count). The molecular weight excluding hydrogens is 340 g/mol. The minimum Gasteiger partial charge on any atom is -0.347 e. The molecule has 1 N–H and O–H groups in total. The van der Waals surface area contributed by atoms with E-state index in [1.807, 2.05) is 0 Å². The Labute approximate surface area is 138 Å². The number of rotatable bonds is 3. The van der Waals surface area contributed by atoms with E-state index >= 15 is 0 Å². The van der Waals surface area contributed by atoms with Crippen LogP contribution in [-0.2, 0) is 9.84 Å². The smallest absolute Gasteiger partial charge is 0.274 e. The van der Waals surface area contributed by atoms with Gasteiger partial charge in [-0.15, -0.1) is 5.10 Å². The van der Waals surface area contributed by atoms with Crippen LogP contribution in [0.3, 0.4) is 0 Å². The van der Waals surface area contributed by atoms with Gasteiger partial charge in [0.2, 0.25) is 0 Å². The molecule has 7 nitrogen and oxygen atoms in total. The third kappa shape index (κ3) is 3.37. The van der Waals surface area contributed by atoms with Gasteiger partial charge in [-0.3, -0.25) is 4.79 Å². The zero-order valence-electron chi connectivity index (χ0n) is 12.4. The van der Waals surface area contributed by atoms with Gasteiger partial charge in [0.15, 0.2) is 15.5 Å². The summed E-state index contributed by atoms with van der Waals surface area (Å²) in [6, 6.07) is 6.62. The highest BCUT2D eigenvalue weighted by molar-refractivity contribution is 7.91. The highest BCUT2D eigenvalue weighted by atomic mass is 35.5. The van der Waals surface area contributed by atoms with Crippen molar-refractivity contribution < 1.29 is 13.2 Å². The maximum absolute atomic E-state index is 12.3. The van der Waals surface area contributed by atoms with Crippen molar-refractivity contribution in [1.29, 1.82) is 0 Å². The summed E-state index contributed by atoms with van der Waals surface area (Å²) in [7, 11) is -3.04. The Hall–Kier alpha value is -1.93. The fourth-order valence-electron chi connectivity index (χ4n) is 2.53. The fourth-order valence-corrected chi connectivity index (χ4v) is 4.33. The Kier molecular flexibility index (Phi) is 4.11. The number of carbonyl (C=O) groups excluding carboxylic acids is 1. The van der Waals surface area contributed by atoms with Crippen LogP contribution in [0.5, 0.6) is 0 Å². The highest BCUT2D eigenvalue weighted by Gasteiger charge is 2.30. The number of nitrogens with one attached hydrogen (secondary N) is 1. The molecule has 0 bridgehead atoms. The minimum absolute atomic E-state index is 0.0247. The van der Waals surface area contributed by atoms with E-state index in [2.05, 4.69) is 15.6 Å². The molecule has 2 aromatic rings. The van der Waals surface area contributed by atoms with Crippen molar-refractivity contribution in [3.8, 4) is 5.69 Å². The number of benzene rings is 1. The van der Waals surface area contributed by atoms with Crippen molar-refractivity contribution in [2.75, 3.05) is 11.5 Å². The van der Waals surface area contributed by atoms with E-state index in [1.165, 1.54) is 4.68 Å². The predicted octanol–water partition coefficient (Wildman–Crippen LogP) is 1.15. The lowest BCUT2D eigenvalue weighted by atomic mass is 10.2. The summed E-state index contributed by atoms with van der Waals surface area (Å²) in [5.74, 6) is -0.331. The maximum Gasteiger partial charge on any atom is 0.274 e. The van der Waals surface area contributed by atoms with E-state index in [1.54, 1.807) is 31.2 Å². The molecular formula is C14H15ClN4O3S. The van der Waals surface area contributed by atoms with Crippen LogP contribution in [0.2, 0.25) is 5.02 Å². The molecule has 23 heavy (non-hydrogen) atoms. The SMILES string of the molecule is Cc1c(C(=O)N[C@@H]2CCS(=O)(=O)C2)nnn1-c1ccc(Cl)cc1. The fraction of sp³-hybridized carbons (Fsp3) is 0.357. The molecule has 0 aliphatic carbocycles. The van der Waals surface area contributed by atoms with Gasteiger partial charge in [-0.25, -0.2) is 13.1 Å². The Bertz CT molecular complexity index is 845. The van der Waals surface area contributed by atoms with Gasteiger partial charge in [-0.05, 0) is 37.6 Å². The van der Waals surface area contributed by atoms with Crippen molar-refractivity contribution >= 4 is 27.3 Å². The second-order valence-corrected chi connectivity index (χ2v) is 8.15. The van der Waals surface area contributed by atoms with Gasteiger partial charge in [0.1, 0.15) is 0 Å². The molecule has 0 unspecified atom stereocenters. The lowest BCUT2D eigenvalue weighted by molar-refractivity contribution is 0.0935. The molecule has 2 heterocycles. The van der Waals surface area contributed by atoms with Gasteiger partial charge in [0.05, 0.1) is 22.9 Å². The molecule has 1 fully saturated rings. The Morgan fingerprint density at radius 3 is 2.65 bits per heavy atom. The van der Waals surface area contributed by atoms with Gasteiger partial charge in [-0.1, -0.05) is 16.8 Å². The van der Waals surface area contributed by atoms with E-state index in [4.69, 9.17) is 11.6 Å². The van der Waals surface area contributed by atoms with E-state index < -0.39 is 15.7 Å². The number of aromatic nitrogens is 3. The van der Waals surface area contributed by atoms with Gasteiger partial charge in [-0.2, -0.15) is 0 Å². The van der Waals surface area contributed by atoms with Crippen molar-refractivity contribution in [2.45, 2.75) is 19.4 Å². The van der Waals surface area contributed by atoms with Gasteiger partial charge < -0.3 is 5.32 Å². The third-order valence-corrected chi connectivity index (χ3v) is 5.77. The first-order chi connectivity index (χ1) is 10.9. The van der Waals surface area contributed by atoms with Crippen LogP contribution in [0.1, 0.15) is 22.6 Å². The molecule has 1 aromatic carbocycles. The molecule has 0 spiro atoms. The number of halogens is 1. The molecule has 1 aliphatic heterocycles. The Morgan fingerprint density at radius 2 is 2.04 bits per heavy atom. The lowest BCUT2D eigenvalue weighted by Gasteiger charge is -2.09. The quantitative estimate of drug-likeness (QED) is 0.892. The van der Waals surface area contributed by atoms with Crippen LogP contribution in [0.15, 0.2) is 24.3 Å². The second-order valence-electron chi connectivity index (χ2n) is 5.49. The molecule has 1 atom stereocenters. The number of hydrogen-bond acceptors (Lipinski definition) is 5. The molecule has 9 heteroatoms. The van der Waals surface area contributed by atoms with E-state index in [9.17, 15) is 13.2 Å².